The molecule has 0 saturated carbocycles. The average Bonchev–Trinajstić information content (AvgIpc) is 2.38. The number of benzene rings is 1. The van der Waals surface area contributed by atoms with Gasteiger partial charge in [-0.25, -0.2) is 0 Å². The first kappa shape index (κ1) is 14.9. The molecule has 1 amide bonds. The number of anilines is 1. The summed E-state index contributed by atoms with van der Waals surface area (Å²) in [6.45, 7) is -0.226. The molecule has 20 heavy (non-hydrogen) atoms. The summed E-state index contributed by atoms with van der Waals surface area (Å²) in [5.41, 5.74) is 0.578. The van der Waals surface area contributed by atoms with Gasteiger partial charge in [0.25, 0.3) is 5.91 Å². The summed E-state index contributed by atoms with van der Waals surface area (Å²) in [6.07, 6.45) is 3.14. The van der Waals surface area contributed by atoms with Gasteiger partial charge in [0.05, 0.1) is 21.9 Å². The highest BCUT2D eigenvalue weighted by atomic mass is 35.5. The number of pyridine rings is 1. The van der Waals surface area contributed by atoms with Crippen LogP contribution in [0.3, 0.4) is 0 Å². The Morgan fingerprint density at radius 2 is 1.95 bits per heavy atom. The third kappa shape index (κ3) is 4.00. The summed E-state index contributed by atoms with van der Waals surface area (Å²) in [7, 11) is 0. The van der Waals surface area contributed by atoms with Crippen LogP contribution >= 0.6 is 34.8 Å². The van der Waals surface area contributed by atoms with E-state index in [1.165, 1.54) is 18.3 Å². The molecule has 1 aromatic heterocycles. The first-order chi connectivity index (χ1) is 9.56. The second kappa shape index (κ2) is 6.79. The molecule has 1 aromatic carbocycles. The van der Waals surface area contributed by atoms with E-state index in [-0.39, 0.29) is 28.3 Å². The van der Waals surface area contributed by atoms with E-state index in [0.29, 0.717) is 10.7 Å². The first-order valence-corrected chi connectivity index (χ1v) is 6.67. The molecule has 1 N–H and O–H groups in total. The minimum absolute atomic E-state index is 0.221. The van der Waals surface area contributed by atoms with Crippen molar-refractivity contribution < 1.29 is 9.53 Å². The maximum Gasteiger partial charge on any atom is 0.262 e. The second-order valence-electron chi connectivity index (χ2n) is 3.78. The minimum Gasteiger partial charge on any atom is -0.481 e. The Balaban J connectivity index is 1.97. The van der Waals surface area contributed by atoms with Gasteiger partial charge in [0.2, 0.25) is 0 Å². The van der Waals surface area contributed by atoms with Crippen LogP contribution in [0.15, 0.2) is 36.7 Å². The Bertz CT molecular complexity index is 597. The molecule has 2 rings (SSSR count). The van der Waals surface area contributed by atoms with Crippen LogP contribution in [-0.2, 0) is 4.79 Å². The Morgan fingerprint density at radius 1 is 1.25 bits per heavy atom. The van der Waals surface area contributed by atoms with Crippen molar-refractivity contribution in [1.82, 2.24) is 4.98 Å². The number of rotatable bonds is 4. The van der Waals surface area contributed by atoms with Gasteiger partial charge in [-0.05, 0) is 24.3 Å². The molecule has 0 aliphatic rings. The van der Waals surface area contributed by atoms with Gasteiger partial charge in [-0.1, -0.05) is 34.8 Å². The highest BCUT2D eigenvalue weighted by Crippen LogP contribution is 2.35. The second-order valence-corrected chi connectivity index (χ2v) is 5.03. The van der Waals surface area contributed by atoms with Gasteiger partial charge < -0.3 is 10.1 Å². The van der Waals surface area contributed by atoms with Crippen molar-refractivity contribution in [2.24, 2.45) is 0 Å². The molecule has 0 aliphatic carbocycles. The SMILES string of the molecule is O=C(COc1c(Cl)cc(Cl)cc1Cl)Nc1cccnc1. The number of amides is 1. The van der Waals surface area contributed by atoms with Crippen LogP contribution in [0.25, 0.3) is 0 Å². The maximum atomic E-state index is 11.7. The van der Waals surface area contributed by atoms with Crippen molar-refractivity contribution in [3.63, 3.8) is 0 Å². The third-order valence-electron chi connectivity index (χ3n) is 2.26. The zero-order chi connectivity index (χ0) is 14.5. The van der Waals surface area contributed by atoms with Crippen molar-refractivity contribution in [3.05, 3.63) is 51.7 Å². The third-order valence-corrected chi connectivity index (χ3v) is 3.04. The molecular formula is C13H9Cl3N2O2. The number of carbonyl (C=O) groups is 1. The van der Waals surface area contributed by atoms with E-state index in [9.17, 15) is 4.79 Å². The quantitative estimate of drug-likeness (QED) is 0.919. The minimum atomic E-state index is -0.347. The van der Waals surface area contributed by atoms with Crippen molar-refractivity contribution in [1.29, 1.82) is 0 Å². The molecule has 0 saturated heterocycles. The number of hydrogen-bond donors (Lipinski definition) is 1. The Labute approximate surface area is 130 Å². The maximum absolute atomic E-state index is 11.7. The van der Waals surface area contributed by atoms with E-state index < -0.39 is 0 Å². The normalized spacial score (nSPS) is 10.2. The fraction of sp³-hybridized carbons (Fsp3) is 0.0769. The summed E-state index contributed by atoms with van der Waals surface area (Å²) >= 11 is 17.7. The Kier molecular flexibility index (Phi) is 5.06. The predicted molar refractivity (Wildman–Crippen MR) is 79.8 cm³/mol. The van der Waals surface area contributed by atoms with Crippen molar-refractivity contribution >= 4 is 46.4 Å². The molecule has 1 heterocycles. The molecule has 104 valence electrons. The van der Waals surface area contributed by atoms with Crippen molar-refractivity contribution in [3.8, 4) is 5.75 Å². The standard InChI is InChI=1S/C13H9Cl3N2O2/c14-8-4-10(15)13(11(16)5-8)20-7-12(19)18-9-2-1-3-17-6-9/h1-6H,7H2,(H,18,19). The van der Waals surface area contributed by atoms with Crippen LogP contribution in [0.2, 0.25) is 15.1 Å². The molecule has 4 nitrogen and oxygen atoms in total. The number of nitrogens with zero attached hydrogens (tertiary/aromatic N) is 1. The van der Waals surface area contributed by atoms with E-state index in [4.69, 9.17) is 39.5 Å². The van der Waals surface area contributed by atoms with Gasteiger partial charge >= 0.3 is 0 Å². The number of hydrogen-bond acceptors (Lipinski definition) is 3. The number of halogens is 3. The fourth-order valence-corrected chi connectivity index (χ4v) is 2.36. The lowest BCUT2D eigenvalue weighted by molar-refractivity contribution is -0.118. The predicted octanol–water partition coefficient (Wildman–Crippen LogP) is 4.06. The zero-order valence-electron chi connectivity index (χ0n) is 10.1. The van der Waals surface area contributed by atoms with Crippen LogP contribution < -0.4 is 10.1 Å². The highest BCUT2D eigenvalue weighted by Gasteiger charge is 2.11. The lowest BCUT2D eigenvalue weighted by atomic mass is 10.3. The van der Waals surface area contributed by atoms with E-state index in [1.54, 1.807) is 18.3 Å². The van der Waals surface area contributed by atoms with Crippen LogP contribution in [0, 0.1) is 0 Å². The smallest absolute Gasteiger partial charge is 0.262 e. The number of ether oxygens (including phenoxy) is 1. The molecular weight excluding hydrogens is 323 g/mol. The Morgan fingerprint density at radius 3 is 2.55 bits per heavy atom. The number of carbonyl (C=O) groups excluding carboxylic acids is 1. The van der Waals surface area contributed by atoms with Gasteiger partial charge in [0.1, 0.15) is 0 Å². The molecule has 0 bridgehead atoms. The van der Waals surface area contributed by atoms with E-state index in [2.05, 4.69) is 10.3 Å². The molecule has 7 heteroatoms. The van der Waals surface area contributed by atoms with E-state index in [1.807, 2.05) is 0 Å². The monoisotopic (exact) mass is 330 g/mol. The van der Waals surface area contributed by atoms with Gasteiger partial charge in [-0.15, -0.1) is 0 Å². The van der Waals surface area contributed by atoms with E-state index in [0.717, 1.165) is 0 Å². The molecule has 2 aromatic rings. The molecule has 0 atom stereocenters. The van der Waals surface area contributed by atoms with Crippen LogP contribution in [-0.4, -0.2) is 17.5 Å². The zero-order valence-corrected chi connectivity index (χ0v) is 12.3. The van der Waals surface area contributed by atoms with Crippen molar-refractivity contribution in [2.45, 2.75) is 0 Å². The largest absolute Gasteiger partial charge is 0.481 e. The molecule has 0 aliphatic heterocycles. The Hall–Kier alpha value is -1.49. The average molecular weight is 332 g/mol. The topological polar surface area (TPSA) is 51.2 Å². The van der Waals surface area contributed by atoms with Crippen LogP contribution in [0.4, 0.5) is 5.69 Å². The van der Waals surface area contributed by atoms with Crippen molar-refractivity contribution in [2.75, 3.05) is 11.9 Å². The summed E-state index contributed by atoms with van der Waals surface area (Å²) in [6, 6.07) is 6.41. The van der Waals surface area contributed by atoms with Gasteiger partial charge in [-0.2, -0.15) is 0 Å². The summed E-state index contributed by atoms with van der Waals surface area (Å²) in [5, 5.41) is 3.51. The van der Waals surface area contributed by atoms with Gasteiger partial charge in [-0.3, -0.25) is 9.78 Å². The van der Waals surface area contributed by atoms with Gasteiger partial charge in [0.15, 0.2) is 12.4 Å². The van der Waals surface area contributed by atoms with Crippen LogP contribution in [0.5, 0.6) is 5.75 Å². The highest BCUT2D eigenvalue weighted by molar-refractivity contribution is 6.40. The lowest BCUT2D eigenvalue weighted by Gasteiger charge is -2.10. The summed E-state index contributed by atoms with van der Waals surface area (Å²) in [4.78, 5) is 15.6. The van der Waals surface area contributed by atoms with Crippen LogP contribution in [0.1, 0.15) is 0 Å². The first-order valence-electron chi connectivity index (χ1n) is 5.53. The molecule has 0 unspecified atom stereocenters. The number of aromatic nitrogens is 1. The van der Waals surface area contributed by atoms with E-state index >= 15 is 0 Å². The lowest BCUT2D eigenvalue weighted by Crippen LogP contribution is -2.20. The molecule has 0 fully saturated rings. The molecule has 0 radical (unpaired) electrons. The van der Waals surface area contributed by atoms with Gasteiger partial charge in [0, 0.05) is 11.2 Å². The summed E-state index contributed by atoms with van der Waals surface area (Å²) in [5.74, 6) is -0.126. The summed E-state index contributed by atoms with van der Waals surface area (Å²) < 4.78 is 5.30. The fourth-order valence-electron chi connectivity index (χ4n) is 1.44. The number of nitrogens with one attached hydrogen (secondary N) is 1. The molecule has 0 spiro atoms.